The number of anilines is 1. The second kappa shape index (κ2) is 8.85. The highest BCUT2D eigenvalue weighted by Crippen LogP contribution is 2.37. The van der Waals surface area contributed by atoms with E-state index in [0.717, 1.165) is 11.8 Å². The van der Waals surface area contributed by atoms with E-state index in [4.69, 9.17) is 17.0 Å². The van der Waals surface area contributed by atoms with Gasteiger partial charge in [-0.15, -0.1) is 0 Å². The molecule has 0 unspecified atom stereocenters. The summed E-state index contributed by atoms with van der Waals surface area (Å²) in [5, 5.41) is 0. The molecule has 5 nitrogen and oxygen atoms in total. The van der Waals surface area contributed by atoms with Gasteiger partial charge in [-0.25, -0.2) is 9.18 Å². The molecule has 144 valence electrons. The van der Waals surface area contributed by atoms with Crippen molar-refractivity contribution >= 4 is 67.9 Å². The Labute approximate surface area is 178 Å². The zero-order valence-electron chi connectivity index (χ0n) is 14.5. The molecule has 1 fully saturated rings. The molecule has 3 rings (SSSR count). The number of halogens is 2. The van der Waals surface area contributed by atoms with Crippen molar-refractivity contribution in [2.24, 2.45) is 0 Å². The van der Waals surface area contributed by atoms with Gasteiger partial charge in [-0.1, -0.05) is 42.2 Å². The van der Waals surface area contributed by atoms with Crippen LogP contribution in [0, 0.1) is 5.82 Å². The summed E-state index contributed by atoms with van der Waals surface area (Å²) in [4.78, 5) is 25.5. The number of hydrogen-bond acceptors (Lipinski definition) is 6. The SMILES string of the molecule is COC(=O)COc1ccc(/C=C2\SC(=S)N(c3ccccc3F)C2=O)cc1Br. The van der Waals surface area contributed by atoms with Gasteiger partial charge >= 0.3 is 5.97 Å². The first kappa shape index (κ1) is 20.5. The maximum atomic E-state index is 14.1. The number of methoxy groups -OCH3 is 1. The highest BCUT2D eigenvalue weighted by molar-refractivity contribution is 9.10. The smallest absolute Gasteiger partial charge is 0.343 e. The molecular weight excluding hydrogens is 469 g/mol. The number of para-hydroxylation sites is 1. The van der Waals surface area contributed by atoms with Gasteiger partial charge in [0.25, 0.3) is 5.91 Å². The zero-order valence-corrected chi connectivity index (χ0v) is 17.7. The maximum absolute atomic E-state index is 14.1. The standard InChI is InChI=1S/C19H13BrFNO4S2/c1-25-17(23)10-26-15-7-6-11(8-12(15)20)9-16-18(24)22(19(27)28-16)14-5-3-2-4-13(14)21/h2-9H,10H2,1H3/b16-9-. The van der Waals surface area contributed by atoms with Gasteiger partial charge in [0.05, 0.1) is 22.2 Å². The number of carbonyl (C=O) groups excluding carboxylic acids is 2. The summed E-state index contributed by atoms with van der Waals surface area (Å²) < 4.78 is 24.8. The summed E-state index contributed by atoms with van der Waals surface area (Å²) in [6.45, 7) is -0.213. The summed E-state index contributed by atoms with van der Waals surface area (Å²) in [6, 6.07) is 11.1. The van der Waals surface area contributed by atoms with Crippen LogP contribution in [-0.4, -0.2) is 29.9 Å². The van der Waals surface area contributed by atoms with Gasteiger partial charge in [-0.2, -0.15) is 0 Å². The number of esters is 1. The summed E-state index contributed by atoms with van der Waals surface area (Å²) in [5.41, 5.74) is 0.840. The Morgan fingerprint density at radius 1 is 1.32 bits per heavy atom. The molecule has 1 saturated heterocycles. The number of rotatable bonds is 5. The van der Waals surface area contributed by atoms with Gasteiger partial charge in [0.2, 0.25) is 0 Å². The van der Waals surface area contributed by atoms with Crippen LogP contribution in [0.15, 0.2) is 51.8 Å². The van der Waals surface area contributed by atoms with Crippen LogP contribution in [0.25, 0.3) is 6.08 Å². The number of thioether (sulfide) groups is 1. The molecule has 1 heterocycles. The molecule has 0 saturated carbocycles. The molecule has 0 aliphatic carbocycles. The molecule has 2 aromatic rings. The van der Waals surface area contributed by atoms with Crippen molar-refractivity contribution in [2.45, 2.75) is 0 Å². The Kier molecular flexibility index (Phi) is 6.48. The van der Waals surface area contributed by atoms with Gasteiger partial charge < -0.3 is 9.47 Å². The molecule has 0 N–H and O–H groups in total. The van der Waals surface area contributed by atoms with Gasteiger partial charge in [0.15, 0.2) is 10.9 Å². The van der Waals surface area contributed by atoms with Crippen molar-refractivity contribution in [3.8, 4) is 5.75 Å². The fraction of sp³-hybridized carbons (Fsp3) is 0.105. The quantitative estimate of drug-likeness (QED) is 0.354. The molecule has 0 spiro atoms. The third-order valence-corrected chi connectivity index (χ3v) is 5.64. The van der Waals surface area contributed by atoms with Crippen molar-refractivity contribution < 1.29 is 23.5 Å². The predicted octanol–water partition coefficient (Wildman–Crippen LogP) is 4.55. The molecule has 0 atom stereocenters. The van der Waals surface area contributed by atoms with E-state index in [1.807, 2.05) is 0 Å². The minimum atomic E-state index is -0.519. The van der Waals surface area contributed by atoms with Crippen molar-refractivity contribution in [2.75, 3.05) is 18.6 Å². The monoisotopic (exact) mass is 481 g/mol. The lowest BCUT2D eigenvalue weighted by Gasteiger charge is -2.14. The number of carbonyl (C=O) groups is 2. The van der Waals surface area contributed by atoms with Crippen LogP contribution in [0.3, 0.4) is 0 Å². The van der Waals surface area contributed by atoms with Gasteiger partial charge in [0, 0.05) is 0 Å². The number of benzene rings is 2. The third-order valence-electron chi connectivity index (χ3n) is 3.71. The third kappa shape index (κ3) is 4.43. The fourth-order valence-corrected chi connectivity index (χ4v) is 4.18. The molecule has 0 aromatic heterocycles. The van der Waals surface area contributed by atoms with Crippen molar-refractivity contribution in [1.82, 2.24) is 0 Å². The van der Waals surface area contributed by atoms with Crippen LogP contribution in [0.4, 0.5) is 10.1 Å². The number of amides is 1. The Hall–Kier alpha value is -2.23. The van der Waals surface area contributed by atoms with Crippen LogP contribution < -0.4 is 9.64 Å². The molecule has 1 aliphatic rings. The largest absolute Gasteiger partial charge is 0.481 e. The molecular formula is C19H13BrFNO4S2. The highest BCUT2D eigenvalue weighted by atomic mass is 79.9. The molecule has 0 radical (unpaired) electrons. The lowest BCUT2D eigenvalue weighted by molar-refractivity contribution is -0.142. The van der Waals surface area contributed by atoms with E-state index in [2.05, 4.69) is 20.7 Å². The lowest BCUT2D eigenvalue weighted by Crippen LogP contribution is -2.28. The van der Waals surface area contributed by atoms with Crippen LogP contribution in [-0.2, 0) is 14.3 Å². The lowest BCUT2D eigenvalue weighted by atomic mass is 10.2. The van der Waals surface area contributed by atoms with Gasteiger partial charge in [-0.05, 0) is 51.8 Å². The Morgan fingerprint density at radius 3 is 2.75 bits per heavy atom. The number of hydrogen-bond donors (Lipinski definition) is 0. The first-order chi connectivity index (χ1) is 13.4. The fourth-order valence-electron chi connectivity index (χ4n) is 2.38. The Balaban J connectivity index is 1.81. The zero-order chi connectivity index (χ0) is 20.3. The highest BCUT2D eigenvalue weighted by Gasteiger charge is 2.34. The average molecular weight is 482 g/mol. The number of thiocarbonyl (C=S) groups is 1. The van der Waals surface area contributed by atoms with Crippen LogP contribution >= 0.6 is 39.9 Å². The van der Waals surface area contributed by atoms with E-state index in [1.165, 1.54) is 24.1 Å². The first-order valence-electron chi connectivity index (χ1n) is 7.92. The predicted molar refractivity (Wildman–Crippen MR) is 114 cm³/mol. The van der Waals surface area contributed by atoms with Crippen LogP contribution in [0.5, 0.6) is 5.75 Å². The van der Waals surface area contributed by atoms with E-state index in [0.29, 0.717) is 20.7 Å². The summed E-state index contributed by atoms with van der Waals surface area (Å²) in [7, 11) is 1.28. The normalized spacial score (nSPS) is 15.2. The first-order valence-corrected chi connectivity index (χ1v) is 9.94. The van der Waals surface area contributed by atoms with E-state index >= 15 is 0 Å². The van der Waals surface area contributed by atoms with Crippen molar-refractivity contribution in [3.05, 3.63) is 63.2 Å². The Bertz CT molecular complexity index is 996. The molecule has 1 amide bonds. The second-order valence-corrected chi connectivity index (χ2v) is 8.05. The average Bonchev–Trinajstić information content (AvgIpc) is 2.94. The van der Waals surface area contributed by atoms with Gasteiger partial charge in [0.1, 0.15) is 11.6 Å². The summed E-state index contributed by atoms with van der Waals surface area (Å²) >= 11 is 9.73. The molecule has 1 aliphatic heterocycles. The van der Waals surface area contributed by atoms with Crippen LogP contribution in [0.1, 0.15) is 5.56 Å². The number of nitrogens with zero attached hydrogens (tertiary/aromatic N) is 1. The molecule has 9 heteroatoms. The van der Waals surface area contributed by atoms with Crippen LogP contribution in [0.2, 0.25) is 0 Å². The van der Waals surface area contributed by atoms with E-state index in [9.17, 15) is 14.0 Å². The maximum Gasteiger partial charge on any atom is 0.343 e. The van der Waals surface area contributed by atoms with E-state index in [1.54, 1.807) is 36.4 Å². The topological polar surface area (TPSA) is 55.8 Å². The second-order valence-electron chi connectivity index (χ2n) is 5.52. The van der Waals surface area contributed by atoms with Crippen molar-refractivity contribution in [1.29, 1.82) is 0 Å². The Morgan fingerprint density at radius 2 is 2.07 bits per heavy atom. The van der Waals surface area contributed by atoms with Gasteiger partial charge in [-0.3, -0.25) is 9.69 Å². The molecule has 0 bridgehead atoms. The minimum absolute atomic E-state index is 0.126. The molecule has 2 aromatic carbocycles. The summed E-state index contributed by atoms with van der Waals surface area (Å²) in [6.07, 6.45) is 1.66. The van der Waals surface area contributed by atoms with Crippen molar-refractivity contribution in [3.63, 3.8) is 0 Å². The summed E-state index contributed by atoms with van der Waals surface area (Å²) in [5.74, 6) is -0.939. The van der Waals surface area contributed by atoms with E-state index in [-0.39, 0.29) is 22.5 Å². The number of ether oxygens (including phenoxy) is 2. The minimum Gasteiger partial charge on any atom is -0.481 e. The molecule has 28 heavy (non-hydrogen) atoms. The van der Waals surface area contributed by atoms with E-state index < -0.39 is 11.8 Å².